The van der Waals surface area contributed by atoms with E-state index in [1.54, 1.807) is 53.1 Å². The van der Waals surface area contributed by atoms with E-state index in [-0.39, 0.29) is 28.6 Å². The van der Waals surface area contributed by atoms with Gasteiger partial charge in [-0.2, -0.15) is 0 Å². The topological polar surface area (TPSA) is 76.6 Å². The highest BCUT2D eigenvalue weighted by molar-refractivity contribution is 6.30. The van der Waals surface area contributed by atoms with Crippen LogP contribution in [0.1, 0.15) is 37.5 Å². The Morgan fingerprint density at radius 1 is 1.00 bits per heavy atom. The van der Waals surface area contributed by atoms with Crippen molar-refractivity contribution in [3.05, 3.63) is 99.8 Å². The number of carbonyl (C=O) groups excluding carboxylic acids is 2. The van der Waals surface area contributed by atoms with Crippen molar-refractivity contribution in [2.75, 3.05) is 11.1 Å². The molecule has 150 valence electrons. The summed E-state index contributed by atoms with van der Waals surface area (Å²) in [5.41, 5.74) is 10.7. The van der Waals surface area contributed by atoms with Gasteiger partial charge in [0.1, 0.15) is 5.69 Å². The van der Waals surface area contributed by atoms with Crippen LogP contribution in [0.2, 0.25) is 5.02 Å². The molecule has 2 aromatic carbocycles. The van der Waals surface area contributed by atoms with E-state index in [4.69, 9.17) is 17.3 Å². The molecule has 6 heteroatoms. The fourth-order valence-corrected chi connectivity index (χ4v) is 3.62. The summed E-state index contributed by atoms with van der Waals surface area (Å²) in [5.74, 6) is -0.642. The van der Waals surface area contributed by atoms with E-state index in [9.17, 15) is 9.59 Å². The molecule has 0 fully saturated rings. The summed E-state index contributed by atoms with van der Waals surface area (Å²) in [7, 11) is 0. The van der Waals surface area contributed by atoms with Gasteiger partial charge in [0.15, 0.2) is 0 Å². The molecule has 4 rings (SSSR count). The molecule has 30 heavy (non-hydrogen) atoms. The van der Waals surface area contributed by atoms with Crippen molar-refractivity contribution in [1.82, 2.24) is 4.40 Å². The lowest BCUT2D eigenvalue weighted by atomic mass is 10.1. The highest BCUT2D eigenvalue weighted by atomic mass is 35.5. The van der Waals surface area contributed by atoms with Gasteiger partial charge in [-0.05, 0) is 67.4 Å². The number of hydrogen-bond donors (Lipinski definition) is 2. The first-order valence-electron chi connectivity index (χ1n) is 9.44. The largest absolute Gasteiger partial charge is 0.396 e. The van der Waals surface area contributed by atoms with E-state index in [2.05, 4.69) is 5.32 Å². The van der Waals surface area contributed by atoms with Crippen LogP contribution in [0.3, 0.4) is 0 Å². The van der Waals surface area contributed by atoms with E-state index in [1.165, 1.54) is 0 Å². The zero-order valence-corrected chi connectivity index (χ0v) is 17.3. The number of carbonyl (C=O) groups is 2. The average Bonchev–Trinajstić information content (AvgIpc) is 3.02. The molecule has 0 unspecified atom stereocenters. The van der Waals surface area contributed by atoms with Crippen LogP contribution in [0.5, 0.6) is 0 Å². The predicted octanol–water partition coefficient (Wildman–Crippen LogP) is 5.28. The van der Waals surface area contributed by atoms with Crippen LogP contribution in [0.25, 0.3) is 5.52 Å². The highest BCUT2D eigenvalue weighted by Crippen LogP contribution is 2.30. The van der Waals surface area contributed by atoms with Crippen LogP contribution < -0.4 is 11.1 Å². The zero-order valence-electron chi connectivity index (χ0n) is 16.6. The molecular formula is C24H20ClN3O2. The number of benzene rings is 2. The first-order chi connectivity index (χ1) is 14.4. The maximum Gasteiger partial charge on any atom is 0.259 e. The number of fused-ring (bicyclic) bond motifs is 1. The van der Waals surface area contributed by atoms with E-state index in [0.717, 1.165) is 11.1 Å². The first kappa shape index (κ1) is 19.7. The van der Waals surface area contributed by atoms with Gasteiger partial charge >= 0.3 is 0 Å². The number of nitrogen functional groups attached to an aromatic ring is 1. The molecular weight excluding hydrogens is 398 g/mol. The molecule has 0 aliphatic carbocycles. The number of halogens is 1. The number of hydrogen-bond acceptors (Lipinski definition) is 3. The molecule has 2 aromatic heterocycles. The average molecular weight is 418 g/mol. The monoisotopic (exact) mass is 417 g/mol. The van der Waals surface area contributed by atoms with Crippen molar-refractivity contribution in [2.24, 2.45) is 0 Å². The Kier molecular flexibility index (Phi) is 5.06. The number of ketones is 1. The molecule has 0 radical (unpaired) electrons. The lowest BCUT2D eigenvalue weighted by Crippen LogP contribution is -2.15. The van der Waals surface area contributed by atoms with Crippen molar-refractivity contribution < 1.29 is 9.59 Å². The van der Waals surface area contributed by atoms with Crippen molar-refractivity contribution in [2.45, 2.75) is 13.8 Å². The lowest BCUT2D eigenvalue weighted by Gasteiger charge is -2.09. The minimum absolute atomic E-state index is 0.143. The maximum atomic E-state index is 13.2. The summed E-state index contributed by atoms with van der Waals surface area (Å²) in [5, 5.41) is 3.47. The zero-order chi connectivity index (χ0) is 21.4. The van der Waals surface area contributed by atoms with E-state index in [1.807, 2.05) is 32.0 Å². The summed E-state index contributed by atoms with van der Waals surface area (Å²) in [6.07, 6.45) is 1.73. The van der Waals surface area contributed by atoms with E-state index < -0.39 is 0 Å². The van der Waals surface area contributed by atoms with Crippen LogP contribution in [0, 0.1) is 13.8 Å². The van der Waals surface area contributed by atoms with Crippen molar-refractivity contribution in [3.63, 3.8) is 0 Å². The van der Waals surface area contributed by atoms with Gasteiger partial charge in [-0.3, -0.25) is 9.59 Å². The van der Waals surface area contributed by atoms with Crippen molar-refractivity contribution in [1.29, 1.82) is 0 Å². The number of anilines is 2. The number of nitrogens with two attached hydrogens (primary N) is 1. The number of amides is 1. The minimum atomic E-state index is -0.361. The Morgan fingerprint density at radius 2 is 1.73 bits per heavy atom. The minimum Gasteiger partial charge on any atom is -0.396 e. The molecule has 0 spiro atoms. The molecule has 3 N–H and O–H groups in total. The molecule has 1 amide bonds. The number of aromatic nitrogens is 1. The van der Waals surface area contributed by atoms with Crippen molar-refractivity contribution >= 4 is 40.2 Å². The standard InChI is InChI=1S/C24H20ClN3O2/c1-14-6-7-15(2)18(13-14)27-24(30)20-19-5-3-4-12-28(19)22(21(20)26)23(29)16-8-10-17(25)11-9-16/h3-13H,26H2,1-2H3,(H,27,30). The molecule has 0 aliphatic heterocycles. The van der Waals surface area contributed by atoms with Gasteiger partial charge in [0.05, 0.1) is 16.8 Å². The molecule has 2 heterocycles. The molecule has 0 aliphatic rings. The van der Waals surface area contributed by atoms with Crippen LogP contribution in [-0.4, -0.2) is 16.1 Å². The normalized spacial score (nSPS) is 10.9. The maximum absolute atomic E-state index is 13.2. The van der Waals surface area contributed by atoms with E-state index in [0.29, 0.717) is 21.8 Å². The third-order valence-electron chi connectivity index (χ3n) is 5.07. The second kappa shape index (κ2) is 7.69. The fraction of sp³-hybridized carbons (Fsp3) is 0.0833. The first-order valence-corrected chi connectivity index (χ1v) is 9.82. The number of pyridine rings is 1. The number of aryl methyl sites for hydroxylation is 2. The van der Waals surface area contributed by atoms with Crippen LogP contribution >= 0.6 is 11.6 Å². The summed E-state index contributed by atoms with van der Waals surface area (Å²) in [4.78, 5) is 26.4. The SMILES string of the molecule is Cc1ccc(C)c(NC(=O)c2c(N)c(C(=O)c3ccc(Cl)cc3)n3ccccc23)c1. The van der Waals surface area contributed by atoms with Gasteiger partial charge in [-0.15, -0.1) is 0 Å². The molecule has 0 atom stereocenters. The molecule has 5 nitrogen and oxygen atoms in total. The fourth-order valence-electron chi connectivity index (χ4n) is 3.49. The van der Waals surface area contributed by atoms with Gasteiger partial charge in [-0.1, -0.05) is 29.8 Å². The second-order valence-corrected chi connectivity index (χ2v) is 7.64. The number of nitrogens with one attached hydrogen (secondary N) is 1. The molecule has 0 saturated carbocycles. The van der Waals surface area contributed by atoms with Crippen LogP contribution in [0.15, 0.2) is 66.9 Å². The molecule has 0 saturated heterocycles. The Balaban J connectivity index is 1.82. The summed E-state index contributed by atoms with van der Waals surface area (Å²) in [6, 6.07) is 17.8. The number of rotatable bonds is 4. The molecule has 4 aromatic rings. The van der Waals surface area contributed by atoms with Gasteiger partial charge < -0.3 is 15.5 Å². The Labute approximate surface area is 179 Å². The predicted molar refractivity (Wildman–Crippen MR) is 121 cm³/mol. The Morgan fingerprint density at radius 3 is 2.47 bits per heavy atom. The Hall–Kier alpha value is -3.57. The highest BCUT2D eigenvalue weighted by Gasteiger charge is 2.26. The third kappa shape index (κ3) is 3.44. The lowest BCUT2D eigenvalue weighted by molar-refractivity contribution is 0.102. The third-order valence-corrected chi connectivity index (χ3v) is 5.32. The van der Waals surface area contributed by atoms with Crippen LogP contribution in [-0.2, 0) is 0 Å². The molecule has 0 bridgehead atoms. The summed E-state index contributed by atoms with van der Waals surface area (Å²) in [6.45, 7) is 3.88. The van der Waals surface area contributed by atoms with Gasteiger partial charge in [0.25, 0.3) is 5.91 Å². The van der Waals surface area contributed by atoms with Gasteiger partial charge in [0, 0.05) is 22.5 Å². The van der Waals surface area contributed by atoms with Gasteiger partial charge in [0.2, 0.25) is 5.78 Å². The van der Waals surface area contributed by atoms with Crippen LogP contribution in [0.4, 0.5) is 11.4 Å². The Bertz CT molecular complexity index is 1290. The van der Waals surface area contributed by atoms with E-state index >= 15 is 0 Å². The van der Waals surface area contributed by atoms with Gasteiger partial charge in [-0.25, -0.2) is 0 Å². The van der Waals surface area contributed by atoms with Crippen molar-refractivity contribution in [3.8, 4) is 0 Å². The second-order valence-electron chi connectivity index (χ2n) is 7.20. The summed E-state index contributed by atoms with van der Waals surface area (Å²) < 4.78 is 1.66. The number of nitrogens with zero attached hydrogens (tertiary/aromatic N) is 1. The summed E-state index contributed by atoms with van der Waals surface area (Å²) >= 11 is 5.94. The quantitative estimate of drug-likeness (QED) is 0.444. The smallest absolute Gasteiger partial charge is 0.259 e.